The van der Waals surface area contributed by atoms with Gasteiger partial charge in [-0.3, -0.25) is 0 Å². The zero-order chi connectivity index (χ0) is 18.6. The van der Waals surface area contributed by atoms with Crippen molar-refractivity contribution in [2.45, 2.75) is 11.8 Å². The summed E-state index contributed by atoms with van der Waals surface area (Å²) >= 11 is 0. The molecule has 3 rings (SSSR count). The Hall–Kier alpha value is -2.83. The maximum Gasteiger partial charge on any atom is 0.321 e. The molecule has 0 aliphatic heterocycles. The largest absolute Gasteiger partial charge is 0.495 e. The third kappa shape index (κ3) is 4.04. The Balaban J connectivity index is 1.91. The fourth-order valence-electron chi connectivity index (χ4n) is 2.45. The van der Waals surface area contributed by atoms with Crippen LogP contribution >= 0.6 is 0 Å². The van der Waals surface area contributed by atoms with Gasteiger partial charge in [-0.05, 0) is 42.3 Å². The van der Waals surface area contributed by atoms with Gasteiger partial charge in [0, 0.05) is 0 Å². The molecule has 1 N–H and O–H groups in total. The molecule has 0 saturated carbocycles. The van der Waals surface area contributed by atoms with Gasteiger partial charge in [0.25, 0.3) is 0 Å². The Kier molecular flexibility index (Phi) is 5.25. The molecule has 26 heavy (non-hydrogen) atoms. The molecule has 134 valence electrons. The summed E-state index contributed by atoms with van der Waals surface area (Å²) in [6, 6.07) is 21.7. The van der Waals surface area contributed by atoms with Gasteiger partial charge in [0.05, 0.1) is 12.8 Å². The first kappa shape index (κ1) is 18.0. The van der Waals surface area contributed by atoms with E-state index in [1.807, 2.05) is 49.4 Å². The first-order valence-corrected chi connectivity index (χ1v) is 9.40. The predicted molar refractivity (Wildman–Crippen MR) is 102 cm³/mol. The summed E-state index contributed by atoms with van der Waals surface area (Å²) in [7, 11) is -2.66. The summed E-state index contributed by atoms with van der Waals surface area (Å²) < 4.78 is 35.6. The van der Waals surface area contributed by atoms with Crippen LogP contribution in [-0.2, 0) is 14.4 Å². The third-order valence-corrected chi connectivity index (χ3v) is 5.02. The first-order chi connectivity index (χ1) is 12.5. The monoisotopic (exact) mass is 369 g/mol. The fourth-order valence-corrected chi connectivity index (χ4v) is 3.42. The molecule has 0 fully saturated rings. The number of methoxy groups -OCH3 is 1. The summed E-state index contributed by atoms with van der Waals surface area (Å²) in [4.78, 5) is -0.0408. The molecule has 0 heterocycles. The molecule has 0 spiro atoms. The van der Waals surface area contributed by atoms with Crippen molar-refractivity contribution in [3.63, 3.8) is 0 Å². The molecular weight excluding hydrogens is 350 g/mol. The lowest BCUT2D eigenvalue weighted by atomic mass is 10.1. The van der Waals surface area contributed by atoms with Gasteiger partial charge in [-0.25, -0.2) is 5.48 Å². The Morgan fingerprint density at radius 3 is 2.19 bits per heavy atom. The highest BCUT2D eigenvalue weighted by Crippen LogP contribution is 2.31. The minimum absolute atomic E-state index is 0.0408. The number of ether oxygens (including phenoxy) is 1. The van der Waals surface area contributed by atoms with Crippen LogP contribution in [0.15, 0.2) is 77.7 Å². The van der Waals surface area contributed by atoms with Crippen LogP contribution in [0.4, 0.5) is 5.69 Å². The van der Waals surface area contributed by atoms with E-state index in [2.05, 4.69) is 5.48 Å². The lowest BCUT2D eigenvalue weighted by Gasteiger charge is -2.12. The highest BCUT2D eigenvalue weighted by Gasteiger charge is 2.22. The molecule has 0 aromatic heterocycles. The topological polar surface area (TPSA) is 64.6 Å². The first-order valence-electron chi connectivity index (χ1n) is 7.99. The SMILES string of the molecule is COc1ccc(-c2ccccc2)cc1S(=O)(=O)ONc1ccc(C)cc1. The van der Waals surface area contributed by atoms with E-state index < -0.39 is 10.1 Å². The quantitative estimate of drug-likeness (QED) is 0.652. The van der Waals surface area contributed by atoms with Crippen LogP contribution in [0.2, 0.25) is 0 Å². The van der Waals surface area contributed by atoms with E-state index in [1.54, 1.807) is 30.3 Å². The predicted octanol–water partition coefficient (Wildman–Crippen LogP) is 4.40. The second kappa shape index (κ2) is 7.59. The van der Waals surface area contributed by atoms with Gasteiger partial charge in [-0.1, -0.05) is 54.1 Å². The zero-order valence-electron chi connectivity index (χ0n) is 14.5. The number of anilines is 1. The molecule has 0 aliphatic rings. The van der Waals surface area contributed by atoms with Crippen molar-refractivity contribution >= 4 is 15.8 Å². The van der Waals surface area contributed by atoms with Crippen LogP contribution in [0.1, 0.15) is 5.56 Å². The van der Waals surface area contributed by atoms with Crippen molar-refractivity contribution in [1.82, 2.24) is 0 Å². The average Bonchev–Trinajstić information content (AvgIpc) is 2.68. The second-order valence-electron chi connectivity index (χ2n) is 5.74. The van der Waals surface area contributed by atoms with Crippen molar-refractivity contribution in [1.29, 1.82) is 0 Å². The summed E-state index contributed by atoms with van der Waals surface area (Å²) in [5.41, 5.74) is 5.74. The summed E-state index contributed by atoms with van der Waals surface area (Å²) in [6.45, 7) is 1.95. The summed E-state index contributed by atoms with van der Waals surface area (Å²) in [5.74, 6) is 0.218. The smallest absolute Gasteiger partial charge is 0.321 e. The standard InChI is InChI=1S/C20H19NO4S/c1-15-8-11-18(12-9-15)21-25-26(22,23)20-14-17(10-13-19(20)24-2)16-6-4-3-5-7-16/h3-14,21H,1-2H3. The van der Waals surface area contributed by atoms with Gasteiger partial charge in [0.2, 0.25) is 0 Å². The second-order valence-corrected chi connectivity index (χ2v) is 7.25. The molecule has 6 heteroatoms. The summed E-state index contributed by atoms with van der Waals surface area (Å²) in [6.07, 6.45) is 0. The molecule has 3 aromatic carbocycles. The third-order valence-electron chi connectivity index (χ3n) is 3.86. The lowest BCUT2D eigenvalue weighted by molar-refractivity contribution is 0.374. The molecule has 0 atom stereocenters. The molecule has 5 nitrogen and oxygen atoms in total. The van der Waals surface area contributed by atoms with Crippen LogP contribution < -0.4 is 10.2 Å². The fraction of sp³-hybridized carbons (Fsp3) is 0.100. The Labute approximate surface area is 153 Å². The Morgan fingerprint density at radius 1 is 0.846 bits per heavy atom. The molecule has 0 radical (unpaired) electrons. The number of nitrogens with one attached hydrogen (secondary N) is 1. The molecule has 0 bridgehead atoms. The molecule has 0 unspecified atom stereocenters. The van der Waals surface area contributed by atoms with Crippen LogP contribution in [0.25, 0.3) is 11.1 Å². The molecule has 0 saturated heterocycles. The Bertz CT molecular complexity index is 984. The van der Waals surface area contributed by atoms with E-state index in [0.717, 1.165) is 16.7 Å². The number of hydrogen-bond donors (Lipinski definition) is 1. The van der Waals surface area contributed by atoms with E-state index in [0.29, 0.717) is 5.69 Å². The highest BCUT2D eigenvalue weighted by atomic mass is 32.2. The van der Waals surface area contributed by atoms with Gasteiger partial charge in [0.1, 0.15) is 10.6 Å². The van der Waals surface area contributed by atoms with Crippen LogP contribution in [0, 0.1) is 6.92 Å². The number of hydrogen-bond acceptors (Lipinski definition) is 5. The van der Waals surface area contributed by atoms with Gasteiger partial charge < -0.3 is 4.74 Å². The van der Waals surface area contributed by atoms with Gasteiger partial charge in [-0.2, -0.15) is 8.42 Å². The van der Waals surface area contributed by atoms with Crippen LogP contribution in [-0.4, -0.2) is 15.5 Å². The van der Waals surface area contributed by atoms with Crippen molar-refractivity contribution < 1.29 is 17.4 Å². The average molecular weight is 369 g/mol. The summed E-state index contributed by atoms with van der Waals surface area (Å²) in [5, 5.41) is 0. The van der Waals surface area contributed by atoms with Crippen molar-refractivity contribution in [3.05, 3.63) is 78.4 Å². The van der Waals surface area contributed by atoms with Crippen molar-refractivity contribution in [3.8, 4) is 16.9 Å². The number of benzene rings is 3. The number of rotatable bonds is 6. The van der Waals surface area contributed by atoms with Gasteiger partial charge >= 0.3 is 10.1 Å². The molecule has 3 aromatic rings. The van der Waals surface area contributed by atoms with E-state index in [9.17, 15) is 8.42 Å². The van der Waals surface area contributed by atoms with E-state index >= 15 is 0 Å². The van der Waals surface area contributed by atoms with Crippen LogP contribution in [0.5, 0.6) is 5.75 Å². The van der Waals surface area contributed by atoms with E-state index in [1.165, 1.54) is 7.11 Å². The van der Waals surface area contributed by atoms with Crippen LogP contribution in [0.3, 0.4) is 0 Å². The molecule has 0 amide bonds. The van der Waals surface area contributed by atoms with Crippen molar-refractivity contribution in [2.24, 2.45) is 0 Å². The van der Waals surface area contributed by atoms with Gasteiger partial charge in [0.15, 0.2) is 0 Å². The lowest BCUT2D eigenvalue weighted by Crippen LogP contribution is -2.13. The maximum absolute atomic E-state index is 12.7. The van der Waals surface area contributed by atoms with Crippen molar-refractivity contribution in [2.75, 3.05) is 12.6 Å². The molecular formula is C20H19NO4S. The normalized spacial score (nSPS) is 11.2. The van der Waals surface area contributed by atoms with E-state index in [4.69, 9.17) is 9.02 Å². The highest BCUT2D eigenvalue weighted by molar-refractivity contribution is 7.87. The van der Waals surface area contributed by atoms with Gasteiger partial charge in [-0.15, -0.1) is 4.28 Å². The minimum Gasteiger partial charge on any atom is -0.495 e. The minimum atomic E-state index is -4.08. The maximum atomic E-state index is 12.7. The molecule has 0 aliphatic carbocycles. The van der Waals surface area contributed by atoms with E-state index in [-0.39, 0.29) is 10.6 Å². The zero-order valence-corrected chi connectivity index (χ0v) is 15.3. The number of aryl methyl sites for hydroxylation is 1. The Morgan fingerprint density at radius 2 is 1.54 bits per heavy atom.